The first-order valence-electron chi connectivity index (χ1n) is 10.3. The number of hydrogen-bond donors (Lipinski definition) is 0. The van der Waals surface area contributed by atoms with Gasteiger partial charge in [-0.15, -0.1) is 0 Å². The molecule has 0 radical (unpaired) electrons. The first kappa shape index (κ1) is 23.5. The molecule has 34 heavy (non-hydrogen) atoms. The number of nitrogens with zero attached hydrogens (tertiary/aromatic N) is 5. The van der Waals surface area contributed by atoms with Gasteiger partial charge < -0.3 is 14.4 Å². The standard InChI is InChI=1S/C22H20BrN5O6/c1-14-25-18-4-3-16(23)11-17(18)22(30)27(14)24-12-15-2-5-20(19(10-15)28(31)32)34-13-21(29)26-6-8-33-9-7-26/h2-5,10-12H,6-9,13H2,1H3. The summed E-state index contributed by atoms with van der Waals surface area (Å²) in [6, 6.07) is 9.40. The van der Waals surface area contributed by atoms with Crippen molar-refractivity contribution in [3.63, 3.8) is 0 Å². The molecule has 0 bridgehead atoms. The molecule has 2 aromatic carbocycles. The van der Waals surface area contributed by atoms with Crippen LogP contribution >= 0.6 is 15.9 Å². The van der Waals surface area contributed by atoms with Gasteiger partial charge in [-0.2, -0.15) is 9.78 Å². The minimum Gasteiger partial charge on any atom is -0.477 e. The van der Waals surface area contributed by atoms with Crippen LogP contribution in [-0.4, -0.2) is 64.5 Å². The molecule has 176 valence electrons. The Hall–Kier alpha value is -3.64. The first-order valence-corrected chi connectivity index (χ1v) is 11.1. The van der Waals surface area contributed by atoms with E-state index < -0.39 is 4.92 Å². The number of aromatic nitrogens is 2. The second-order valence-electron chi connectivity index (χ2n) is 7.45. The van der Waals surface area contributed by atoms with Crippen LogP contribution in [0.1, 0.15) is 11.4 Å². The molecular formula is C22H20BrN5O6. The smallest absolute Gasteiger partial charge is 0.311 e. The number of amides is 1. The molecule has 0 unspecified atom stereocenters. The minimum absolute atomic E-state index is 0.0330. The fourth-order valence-electron chi connectivity index (χ4n) is 3.44. The number of carbonyl (C=O) groups excluding carboxylic acids is 1. The van der Waals surface area contributed by atoms with Gasteiger partial charge >= 0.3 is 5.69 Å². The zero-order valence-electron chi connectivity index (χ0n) is 18.1. The van der Waals surface area contributed by atoms with Crippen LogP contribution in [-0.2, 0) is 9.53 Å². The van der Waals surface area contributed by atoms with E-state index in [-0.39, 0.29) is 29.5 Å². The number of halogens is 1. The van der Waals surface area contributed by atoms with Gasteiger partial charge in [0.15, 0.2) is 12.4 Å². The molecular weight excluding hydrogens is 510 g/mol. The average Bonchev–Trinajstić information content (AvgIpc) is 2.83. The molecule has 1 saturated heterocycles. The van der Waals surface area contributed by atoms with Crippen LogP contribution in [0.2, 0.25) is 0 Å². The third-order valence-electron chi connectivity index (χ3n) is 5.19. The highest BCUT2D eigenvalue weighted by Gasteiger charge is 2.21. The number of fused-ring (bicyclic) bond motifs is 1. The van der Waals surface area contributed by atoms with Crippen molar-refractivity contribution in [3.8, 4) is 5.75 Å². The summed E-state index contributed by atoms with van der Waals surface area (Å²) in [7, 11) is 0. The lowest BCUT2D eigenvalue weighted by Crippen LogP contribution is -2.43. The maximum absolute atomic E-state index is 12.8. The average molecular weight is 530 g/mol. The Morgan fingerprint density at radius 2 is 2.06 bits per heavy atom. The highest BCUT2D eigenvalue weighted by Crippen LogP contribution is 2.27. The van der Waals surface area contributed by atoms with Gasteiger partial charge in [-0.05, 0) is 37.3 Å². The van der Waals surface area contributed by atoms with Crippen LogP contribution in [0, 0.1) is 17.0 Å². The molecule has 11 nitrogen and oxygen atoms in total. The van der Waals surface area contributed by atoms with Crippen LogP contribution in [0.4, 0.5) is 5.69 Å². The number of morpholine rings is 1. The van der Waals surface area contributed by atoms with Crippen molar-refractivity contribution in [1.82, 2.24) is 14.6 Å². The molecule has 2 heterocycles. The quantitative estimate of drug-likeness (QED) is 0.272. The number of nitro benzene ring substituents is 1. The van der Waals surface area contributed by atoms with Crippen molar-refractivity contribution in [1.29, 1.82) is 0 Å². The summed E-state index contributed by atoms with van der Waals surface area (Å²) < 4.78 is 12.5. The molecule has 0 atom stereocenters. The minimum atomic E-state index is -0.599. The lowest BCUT2D eigenvalue weighted by molar-refractivity contribution is -0.385. The van der Waals surface area contributed by atoms with Crippen molar-refractivity contribution in [2.45, 2.75) is 6.92 Å². The molecule has 4 rings (SSSR count). The summed E-state index contributed by atoms with van der Waals surface area (Å²) in [4.78, 5) is 42.1. The fourth-order valence-corrected chi connectivity index (χ4v) is 3.80. The number of hydrogen-bond acceptors (Lipinski definition) is 8. The molecule has 0 saturated carbocycles. The second kappa shape index (κ2) is 10.1. The van der Waals surface area contributed by atoms with Crippen LogP contribution in [0.25, 0.3) is 10.9 Å². The summed E-state index contributed by atoms with van der Waals surface area (Å²) in [5, 5.41) is 16.2. The molecule has 0 spiro atoms. The van der Waals surface area contributed by atoms with E-state index in [1.165, 1.54) is 18.3 Å². The van der Waals surface area contributed by atoms with Gasteiger partial charge in [-0.3, -0.25) is 19.7 Å². The van der Waals surface area contributed by atoms with Gasteiger partial charge in [0.1, 0.15) is 5.82 Å². The Balaban J connectivity index is 1.56. The number of rotatable bonds is 6. The van der Waals surface area contributed by atoms with E-state index in [0.717, 1.165) is 9.15 Å². The van der Waals surface area contributed by atoms with Crippen molar-refractivity contribution < 1.29 is 19.2 Å². The fraction of sp³-hybridized carbons (Fsp3) is 0.273. The summed E-state index contributed by atoms with van der Waals surface area (Å²) in [6.07, 6.45) is 1.33. The predicted molar refractivity (Wildman–Crippen MR) is 127 cm³/mol. The number of benzene rings is 2. The molecule has 1 aliphatic rings. The monoisotopic (exact) mass is 529 g/mol. The van der Waals surface area contributed by atoms with Gasteiger partial charge in [0.25, 0.3) is 11.5 Å². The van der Waals surface area contributed by atoms with E-state index in [9.17, 15) is 19.7 Å². The van der Waals surface area contributed by atoms with E-state index in [1.807, 2.05) is 0 Å². The van der Waals surface area contributed by atoms with Crippen LogP contribution in [0.3, 0.4) is 0 Å². The lowest BCUT2D eigenvalue weighted by atomic mass is 10.2. The van der Waals surface area contributed by atoms with Crippen molar-refractivity contribution in [2.75, 3.05) is 32.9 Å². The number of aryl methyl sites for hydroxylation is 1. The van der Waals surface area contributed by atoms with Crippen LogP contribution in [0.5, 0.6) is 5.75 Å². The second-order valence-corrected chi connectivity index (χ2v) is 8.36. The Kier molecular flexibility index (Phi) is 6.98. The predicted octanol–water partition coefficient (Wildman–Crippen LogP) is 2.50. The Morgan fingerprint density at radius 3 is 2.79 bits per heavy atom. The lowest BCUT2D eigenvalue weighted by Gasteiger charge is -2.26. The van der Waals surface area contributed by atoms with Crippen molar-refractivity contribution in [3.05, 3.63) is 72.7 Å². The summed E-state index contributed by atoms with van der Waals surface area (Å²) >= 11 is 3.34. The zero-order valence-corrected chi connectivity index (χ0v) is 19.7. The molecule has 1 amide bonds. The first-order chi connectivity index (χ1) is 16.3. The molecule has 0 aliphatic carbocycles. The van der Waals surface area contributed by atoms with Crippen LogP contribution in [0.15, 0.2) is 50.8 Å². The molecule has 12 heteroatoms. The Morgan fingerprint density at radius 1 is 1.29 bits per heavy atom. The molecule has 1 aromatic heterocycles. The van der Waals surface area contributed by atoms with Crippen molar-refractivity contribution >= 4 is 44.6 Å². The molecule has 1 aliphatic heterocycles. The number of ether oxygens (including phenoxy) is 2. The largest absolute Gasteiger partial charge is 0.477 e. The highest BCUT2D eigenvalue weighted by molar-refractivity contribution is 9.10. The van der Waals surface area contributed by atoms with E-state index in [4.69, 9.17) is 9.47 Å². The van der Waals surface area contributed by atoms with E-state index in [0.29, 0.717) is 48.6 Å². The van der Waals surface area contributed by atoms with Crippen molar-refractivity contribution in [2.24, 2.45) is 5.10 Å². The normalized spacial score (nSPS) is 14.0. The Labute approximate surface area is 201 Å². The summed E-state index contributed by atoms with van der Waals surface area (Å²) in [5.41, 5.74) is 0.236. The molecule has 0 N–H and O–H groups in total. The zero-order chi connectivity index (χ0) is 24.2. The van der Waals surface area contributed by atoms with Gasteiger partial charge in [-0.1, -0.05) is 15.9 Å². The summed E-state index contributed by atoms with van der Waals surface area (Å²) in [5.74, 6) is 0.0648. The number of carbonyl (C=O) groups is 1. The van der Waals surface area contributed by atoms with Gasteiger partial charge in [0.2, 0.25) is 0 Å². The summed E-state index contributed by atoms with van der Waals surface area (Å²) in [6.45, 7) is 3.14. The highest BCUT2D eigenvalue weighted by atomic mass is 79.9. The van der Waals surface area contributed by atoms with Gasteiger partial charge in [-0.25, -0.2) is 4.98 Å². The third kappa shape index (κ3) is 5.13. The number of nitro groups is 1. The topological polar surface area (TPSA) is 129 Å². The van der Waals surface area contributed by atoms with Gasteiger partial charge in [0, 0.05) is 29.2 Å². The molecule has 3 aromatic rings. The maximum Gasteiger partial charge on any atom is 0.311 e. The maximum atomic E-state index is 12.8. The van der Waals surface area contributed by atoms with E-state index >= 15 is 0 Å². The molecule has 1 fully saturated rings. The Bertz CT molecular complexity index is 1350. The third-order valence-corrected chi connectivity index (χ3v) is 5.68. The van der Waals surface area contributed by atoms with Gasteiger partial charge in [0.05, 0.1) is 35.3 Å². The van der Waals surface area contributed by atoms with E-state index in [1.54, 1.807) is 36.1 Å². The van der Waals surface area contributed by atoms with E-state index in [2.05, 4.69) is 26.0 Å². The SMILES string of the molecule is Cc1nc2ccc(Br)cc2c(=O)n1N=Cc1ccc(OCC(=O)N2CCOCC2)c([N+](=O)[O-])c1. The van der Waals surface area contributed by atoms with Crippen LogP contribution < -0.4 is 10.3 Å².